The van der Waals surface area contributed by atoms with Gasteiger partial charge in [0.25, 0.3) is 0 Å². The van der Waals surface area contributed by atoms with Crippen molar-refractivity contribution in [2.45, 2.75) is 25.9 Å². The van der Waals surface area contributed by atoms with E-state index in [0.29, 0.717) is 34.8 Å². The van der Waals surface area contributed by atoms with Gasteiger partial charge in [-0.1, -0.05) is 55.2 Å². The number of rotatable bonds is 8. The van der Waals surface area contributed by atoms with Gasteiger partial charge in [-0.3, -0.25) is 0 Å². The zero-order chi connectivity index (χ0) is 25.3. The first-order valence-electron chi connectivity index (χ1n) is 10.2. The van der Waals surface area contributed by atoms with Gasteiger partial charge in [0.15, 0.2) is 0 Å². The molecule has 2 aromatic rings. The Balaban J connectivity index is 2.68. The summed E-state index contributed by atoms with van der Waals surface area (Å²) in [4.78, 5) is 22.0. The van der Waals surface area contributed by atoms with Gasteiger partial charge >= 0.3 is 12.1 Å². The van der Waals surface area contributed by atoms with E-state index in [0.717, 1.165) is 18.6 Å². The summed E-state index contributed by atoms with van der Waals surface area (Å²) in [5.74, 6) is 3.49. The molecule has 0 atom stereocenters. The van der Waals surface area contributed by atoms with Gasteiger partial charge in [0.2, 0.25) is 0 Å². The summed E-state index contributed by atoms with van der Waals surface area (Å²) >= 11 is 0. The van der Waals surface area contributed by atoms with Gasteiger partial charge in [-0.25, -0.2) is 4.79 Å². The molecule has 2 aromatic carbocycles. The number of halogens is 3. The van der Waals surface area contributed by atoms with Crippen LogP contribution >= 0.6 is 0 Å². The van der Waals surface area contributed by atoms with Gasteiger partial charge in [-0.05, 0) is 59.5 Å². The van der Waals surface area contributed by atoms with Crippen LogP contribution in [0.25, 0.3) is 5.57 Å². The second-order valence-electron chi connectivity index (χ2n) is 7.27. The molecule has 34 heavy (non-hydrogen) atoms. The average molecular weight is 469 g/mol. The highest BCUT2D eigenvalue weighted by Crippen LogP contribution is 2.34. The van der Waals surface area contributed by atoms with E-state index in [1.54, 1.807) is 12.2 Å². The van der Waals surface area contributed by atoms with Crippen molar-refractivity contribution in [3.63, 3.8) is 0 Å². The lowest BCUT2D eigenvalue weighted by atomic mass is 9.95. The van der Waals surface area contributed by atoms with E-state index in [2.05, 4.69) is 23.6 Å². The van der Waals surface area contributed by atoms with Crippen LogP contribution in [0.4, 0.5) is 13.2 Å². The molecule has 0 heterocycles. The third-order valence-electron chi connectivity index (χ3n) is 4.64. The molecule has 0 bridgehead atoms. The van der Waals surface area contributed by atoms with Crippen molar-refractivity contribution in [2.24, 2.45) is 5.18 Å². The van der Waals surface area contributed by atoms with Crippen LogP contribution in [0, 0.1) is 16.7 Å². The van der Waals surface area contributed by atoms with Gasteiger partial charge in [-0.15, -0.1) is 0 Å². The highest BCUT2D eigenvalue weighted by atomic mass is 19.4. The minimum absolute atomic E-state index is 0.0228. The minimum Gasteiger partial charge on any atom is -0.508 e. The van der Waals surface area contributed by atoms with Crippen LogP contribution in [0.3, 0.4) is 0 Å². The van der Waals surface area contributed by atoms with Crippen LogP contribution in [0.2, 0.25) is 0 Å². The van der Waals surface area contributed by atoms with E-state index >= 15 is 0 Å². The molecule has 176 valence electrons. The van der Waals surface area contributed by atoms with Crippen molar-refractivity contribution in [3.8, 4) is 17.6 Å². The Morgan fingerprint density at radius 2 is 1.79 bits per heavy atom. The number of hydrogen-bond acceptors (Lipinski definition) is 4. The largest absolute Gasteiger partial charge is 0.508 e. The van der Waals surface area contributed by atoms with Crippen molar-refractivity contribution in [2.75, 3.05) is 6.54 Å². The third-order valence-corrected chi connectivity index (χ3v) is 4.64. The maximum Gasteiger partial charge on any atom is 0.417 e. The van der Waals surface area contributed by atoms with E-state index in [-0.39, 0.29) is 17.7 Å². The summed E-state index contributed by atoms with van der Waals surface area (Å²) in [6.45, 7) is 5.54. The number of carboxylic acids is 1. The Kier molecular flexibility index (Phi) is 8.96. The number of carboxylic acid groups (broad SMARTS) is 1. The molecule has 8 heteroatoms. The summed E-state index contributed by atoms with van der Waals surface area (Å²) in [6.07, 6.45) is 1.74. The Morgan fingerprint density at radius 1 is 1.12 bits per heavy atom. The average Bonchev–Trinajstić information content (AvgIpc) is 2.78. The van der Waals surface area contributed by atoms with Gasteiger partial charge in [0.1, 0.15) is 12.3 Å². The lowest BCUT2D eigenvalue weighted by Gasteiger charge is -2.10. The van der Waals surface area contributed by atoms with Crippen molar-refractivity contribution >= 4 is 11.5 Å². The van der Waals surface area contributed by atoms with Crippen molar-refractivity contribution in [1.82, 2.24) is 0 Å². The fourth-order valence-corrected chi connectivity index (χ4v) is 2.95. The van der Waals surface area contributed by atoms with Gasteiger partial charge in [0.05, 0.1) is 11.1 Å². The van der Waals surface area contributed by atoms with Crippen LogP contribution in [0.5, 0.6) is 5.75 Å². The SMILES string of the molecule is C=C(/C=C\C(=C/CCC)c1cc(C(=O)O)ccc1C#Cc1ccc(O)cc1C(F)(F)F)CN=O. The number of nitroso groups, excluding NO2 is 1. The molecule has 0 saturated heterocycles. The van der Waals surface area contributed by atoms with Crippen molar-refractivity contribution < 1.29 is 28.2 Å². The number of unbranched alkanes of at least 4 members (excludes halogenated alkanes) is 1. The van der Waals surface area contributed by atoms with E-state index < -0.39 is 23.5 Å². The number of aromatic carboxylic acids is 1. The summed E-state index contributed by atoms with van der Waals surface area (Å²) in [5.41, 5.74) is 0.266. The maximum atomic E-state index is 13.4. The normalized spacial score (nSPS) is 11.7. The summed E-state index contributed by atoms with van der Waals surface area (Å²) in [6, 6.07) is 6.90. The lowest BCUT2D eigenvalue weighted by Crippen LogP contribution is -2.07. The Bertz CT molecular complexity index is 1210. The zero-order valence-corrected chi connectivity index (χ0v) is 18.3. The molecule has 5 nitrogen and oxygen atoms in total. The summed E-state index contributed by atoms with van der Waals surface area (Å²) < 4.78 is 40.1. The lowest BCUT2D eigenvalue weighted by molar-refractivity contribution is -0.137. The molecule has 0 saturated carbocycles. The van der Waals surface area contributed by atoms with Crippen LogP contribution < -0.4 is 0 Å². The van der Waals surface area contributed by atoms with Gasteiger partial charge in [0, 0.05) is 11.1 Å². The molecule has 0 radical (unpaired) electrons. The van der Waals surface area contributed by atoms with E-state index in [1.807, 2.05) is 13.0 Å². The maximum absolute atomic E-state index is 13.4. The van der Waals surface area contributed by atoms with Crippen LogP contribution in [-0.2, 0) is 6.18 Å². The fraction of sp³-hybridized carbons (Fsp3) is 0.192. The number of phenolic OH excluding ortho intramolecular Hbond substituents is 1. The number of allylic oxidation sites excluding steroid dienone is 3. The molecule has 0 fully saturated rings. The predicted molar refractivity (Wildman–Crippen MR) is 124 cm³/mol. The smallest absolute Gasteiger partial charge is 0.417 e. The third kappa shape index (κ3) is 7.20. The molecule has 0 aromatic heterocycles. The zero-order valence-electron chi connectivity index (χ0n) is 18.3. The quantitative estimate of drug-likeness (QED) is 0.260. The molecule has 0 aliphatic heterocycles. The predicted octanol–water partition coefficient (Wildman–Crippen LogP) is 6.57. The second-order valence-corrected chi connectivity index (χ2v) is 7.27. The van der Waals surface area contributed by atoms with Crippen molar-refractivity contribution in [1.29, 1.82) is 0 Å². The standard InChI is InChI=1S/C26H22F3NO4/c1-3-4-5-18(7-6-17(2)16-30-34)23-14-21(25(32)33)11-9-19(23)8-10-20-12-13-22(31)15-24(20)26(27,28)29/h5-7,9,11-15,31H,2-4,16H2,1H3,(H,32,33)/b7-6-,18-5+. The molecule has 0 aliphatic carbocycles. The Hall–Kier alpha value is -4.12. The number of alkyl halides is 3. The number of aromatic hydroxyl groups is 1. The van der Waals surface area contributed by atoms with Crippen molar-refractivity contribution in [3.05, 3.63) is 99.5 Å². The molecule has 0 aliphatic rings. The first kappa shape index (κ1) is 26.1. The molecular formula is C26H22F3NO4. The van der Waals surface area contributed by atoms with Crippen LogP contribution in [0.15, 0.2) is 72.0 Å². The first-order valence-corrected chi connectivity index (χ1v) is 10.2. The van der Waals surface area contributed by atoms with Crippen LogP contribution in [-0.4, -0.2) is 22.7 Å². The van der Waals surface area contributed by atoms with Crippen LogP contribution in [0.1, 0.15) is 52.4 Å². The minimum atomic E-state index is -4.72. The number of carbonyl (C=O) groups is 1. The molecule has 2 rings (SSSR count). The summed E-state index contributed by atoms with van der Waals surface area (Å²) in [5, 5.41) is 21.7. The van der Waals surface area contributed by atoms with E-state index in [4.69, 9.17) is 0 Å². The van der Waals surface area contributed by atoms with Gasteiger partial charge in [-0.2, -0.15) is 18.1 Å². The second kappa shape index (κ2) is 11.7. The summed E-state index contributed by atoms with van der Waals surface area (Å²) in [7, 11) is 0. The topological polar surface area (TPSA) is 87.0 Å². The van der Waals surface area contributed by atoms with Gasteiger partial charge < -0.3 is 10.2 Å². The molecular weight excluding hydrogens is 447 g/mol. The molecule has 2 N–H and O–H groups in total. The van der Waals surface area contributed by atoms with E-state index in [1.165, 1.54) is 18.2 Å². The Labute approximate surface area is 194 Å². The highest BCUT2D eigenvalue weighted by Gasteiger charge is 2.33. The number of benzene rings is 2. The highest BCUT2D eigenvalue weighted by molar-refractivity contribution is 5.90. The molecule has 0 spiro atoms. The first-order chi connectivity index (χ1) is 16.1. The monoisotopic (exact) mass is 469 g/mol. The molecule has 0 unspecified atom stereocenters. The van der Waals surface area contributed by atoms with E-state index in [9.17, 15) is 33.1 Å². The Morgan fingerprint density at radius 3 is 2.41 bits per heavy atom. The number of hydrogen-bond donors (Lipinski definition) is 2. The fourth-order valence-electron chi connectivity index (χ4n) is 2.95. The molecule has 0 amide bonds. The number of nitrogens with zero attached hydrogens (tertiary/aromatic N) is 1. The number of phenols is 1.